The van der Waals surface area contributed by atoms with Crippen LogP contribution >= 0.6 is 11.6 Å². The molecular weight excluding hydrogens is 284 g/mol. The summed E-state index contributed by atoms with van der Waals surface area (Å²) >= 11 is 5.91. The van der Waals surface area contributed by atoms with Gasteiger partial charge in [0.2, 0.25) is 0 Å². The van der Waals surface area contributed by atoms with Gasteiger partial charge in [-0.3, -0.25) is 15.1 Å². The second kappa shape index (κ2) is 6.16. The van der Waals surface area contributed by atoms with Gasteiger partial charge in [-0.05, 0) is 6.07 Å². The summed E-state index contributed by atoms with van der Waals surface area (Å²) in [5.41, 5.74) is 0.541. The molecule has 2 aromatic rings. The molecule has 0 fully saturated rings. The molecule has 0 aliphatic carbocycles. The first-order chi connectivity index (χ1) is 9.60. The highest BCUT2D eigenvalue weighted by Gasteiger charge is 2.10. The number of non-ortho nitro benzene ring substituents is 1. The Morgan fingerprint density at radius 2 is 2.20 bits per heavy atom. The Morgan fingerprint density at radius 1 is 1.40 bits per heavy atom. The topological polar surface area (TPSA) is 90.2 Å². The first kappa shape index (κ1) is 14.0. The molecule has 2 rings (SSSR count). The van der Waals surface area contributed by atoms with Gasteiger partial charge < -0.3 is 10.1 Å². The van der Waals surface area contributed by atoms with Crippen molar-refractivity contribution < 1.29 is 9.66 Å². The number of ether oxygens (including phenoxy) is 1. The number of rotatable bonds is 5. The van der Waals surface area contributed by atoms with Crippen LogP contribution in [-0.2, 0) is 6.61 Å². The predicted octanol–water partition coefficient (Wildman–Crippen LogP) is 2.66. The zero-order valence-corrected chi connectivity index (χ0v) is 11.3. The van der Waals surface area contributed by atoms with Crippen LogP contribution in [0.1, 0.15) is 5.69 Å². The van der Waals surface area contributed by atoms with Crippen molar-refractivity contribution in [3.05, 3.63) is 51.4 Å². The first-order valence-electron chi connectivity index (χ1n) is 5.65. The minimum absolute atomic E-state index is 0.0829. The van der Waals surface area contributed by atoms with E-state index in [9.17, 15) is 10.1 Å². The number of nitrogens with one attached hydrogen (secondary N) is 1. The third-order valence-electron chi connectivity index (χ3n) is 2.46. The molecule has 0 aliphatic rings. The number of anilines is 1. The van der Waals surface area contributed by atoms with Crippen LogP contribution in [0, 0.1) is 10.1 Å². The SMILES string of the molecule is CNc1cnc(COc2ccc([N+](=O)[O-])cc2Cl)cn1. The number of nitrogens with zero attached hydrogens (tertiary/aromatic N) is 3. The summed E-state index contributed by atoms with van der Waals surface area (Å²) in [4.78, 5) is 18.3. The van der Waals surface area contributed by atoms with E-state index in [0.717, 1.165) is 0 Å². The fourth-order valence-electron chi connectivity index (χ4n) is 1.43. The Bertz CT molecular complexity index is 619. The summed E-state index contributed by atoms with van der Waals surface area (Å²) in [6, 6.07) is 4.03. The van der Waals surface area contributed by atoms with Crippen molar-refractivity contribution in [2.45, 2.75) is 6.61 Å². The fraction of sp³-hybridized carbons (Fsp3) is 0.167. The van der Waals surface area contributed by atoms with Gasteiger partial charge in [-0.15, -0.1) is 0 Å². The van der Waals surface area contributed by atoms with Crippen LogP contribution in [0.4, 0.5) is 11.5 Å². The van der Waals surface area contributed by atoms with E-state index in [2.05, 4.69) is 15.3 Å². The van der Waals surface area contributed by atoms with Gasteiger partial charge in [0.1, 0.15) is 18.2 Å². The van der Waals surface area contributed by atoms with E-state index in [-0.39, 0.29) is 17.3 Å². The van der Waals surface area contributed by atoms with E-state index < -0.39 is 4.92 Å². The van der Waals surface area contributed by atoms with Gasteiger partial charge >= 0.3 is 0 Å². The first-order valence-corrected chi connectivity index (χ1v) is 6.03. The predicted molar refractivity (Wildman–Crippen MR) is 74.0 cm³/mol. The molecule has 0 amide bonds. The van der Waals surface area contributed by atoms with Crippen LogP contribution < -0.4 is 10.1 Å². The molecule has 0 unspecified atom stereocenters. The molecule has 8 heteroatoms. The smallest absolute Gasteiger partial charge is 0.271 e. The van der Waals surface area contributed by atoms with Crippen molar-refractivity contribution >= 4 is 23.1 Å². The average molecular weight is 295 g/mol. The molecule has 0 bridgehead atoms. The van der Waals surface area contributed by atoms with Crippen LogP contribution in [0.2, 0.25) is 5.02 Å². The number of benzene rings is 1. The van der Waals surface area contributed by atoms with E-state index in [0.29, 0.717) is 17.3 Å². The van der Waals surface area contributed by atoms with Gasteiger partial charge in [0.05, 0.1) is 28.0 Å². The molecule has 20 heavy (non-hydrogen) atoms. The molecule has 0 aliphatic heterocycles. The summed E-state index contributed by atoms with van der Waals surface area (Å²) < 4.78 is 5.45. The van der Waals surface area contributed by atoms with E-state index in [1.165, 1.54) is 18.2 Å². The van der Waals surface area contributed by atoms with Crippen LogP contribution in [0.15, 0.2) is 30.6 Å². The third-order valence-corrected chi connectivity index (χ3v) is 2.76. The van der Waals surface area contributed by atoms with Crippen molar-refractivity contribution in [1.29, 1.82) is 0 Å². The van der Waals surface area contributed by atoms with Gasteiger partial charge in [-0.2, -0.15) is 0 Å². The number of hydrogen-bond donors (Lipinski definition) is 1. The van der Waals surface area contributed by atoms with Crippen LogP contribution in [0.25, 0.3) is 0 Å². The summed E-state index contributed by atoms with van der Waals surface area (Å²) in [6.07, 6.45) is 3.15. The zero-order chi connectivity index (χ0) is 14.5. The molecule has 104 valence electrons. The maximum absolute atomic E-state index is 10.6. The fourth-order valence-corrected chi connectivity index (χ4v) is 1.66. The van der Waals surface area contributed by atoms with Gasteiger partial charge in [-0.1, -0.05) is 11.6 Å². The normalized spacial score (nSPS) is 10.1. The lowest BCUT2D eigenvalue weighted by Crippen LogP contribution is -2.01. The van der Waals surface area contributed by atoms with Crippen molar-refractivity contribution in [1.82, 2.24) is 9.97 Å². The van der Waals surface area contributed by atoms with Crippen molar-refractivity contribution in [3.63, 3.8) is 0 Å². The van der Waals surface area contributed by atoms with Gasteiger partial charge in [0, 0.05) is 19.2 Å². The number of aromatic nitrogens is 2. The number of halogens is 1. The maximum atomic E-state index is 10.6. The third kappa shape index (κ3) is 3.33. The summed E-state index contributed by atoms with van der Waals surface area (Å²) in [7, 11) is 1.75. The molecule has 0 saturated heterocycles. The highest BCUT2D eigenvalue weighted by Crippen LogP contribution is 2.29. The lowest BCUT2D eigenvalue weighted by Gasteiger charge is -2.07. The van der Waals surface area contributed by atoms with E-state index in [1.54, 1.807) is 19.4 Å². The van der Waals surface area contributed by atoms with Crippen molar-refractivity contribution in [2.24, 2.45) is 0 Å². The van der Waals surface area contributed by atoms with E-state index >= 15 is 0 Å². The van der Waals surface area contributed by atoms with Gasteiger partial charge in [0.25, 0.3) is 5.69 Å². The van der Waals surface area contributed by atoms with E-state index in [4.69, 9.17) is 16.3 Å². The Kier molecular flexibility index (Phi) is 4.31. The molecule has 7 nitrogen and oxygen atoms in total. The standard InChI is InChI=1S/C12H11ClN4O3/c1-14-12-6-15-8(5-16-12)7-20-11-3-2-9(17(18)19)4-10(11)13/h2-6H,7H2,1H3,(H,14,16). The molecule has 0 spiro atoms. The van der Waals surface area contributed by atoms with Crippen molar-refractivity contribution in [2.75, 3.05) is 12.4 Å². The Hall–Kier alpha value is -2.41. The molecule has 1 N–H and O–H groups in total. The lowest BCUT2D eigenvalue weighted by molar-refractivity contribution is -0.384. The highest BCUT2D eigenvalue weighted by molar-refractivity contribution is 6.32. The molecular formula is C12H11ClN4O3. The van der Waals surface area contributed by atoms with Gasteiger partial charge in [-0.25, -0.2) is 4.98 Å². The van der Waals surface area contributed by atoms with Crippen LogP contribution in [0.3, 0.4) is 0 Å². The number of hydrogen-bond acceptors (Lipinski definition) is 6. The second-order valence-corrected chi connectivity index (χ2v) is 4.21. The Morgan fingerprint density at radius 3 is 2.75 bits per heavy atom. The second-order valence-electron chi connectivity index (χ2n) is 3.80. The summed E-state index contributed by atoms with van der Waals surface area (Å²) in [5.74, 6) is 1.01. The number of nitro benzene ring substituents is 1. The molecule has 0 radical (unpaired) electrons. The monoisotopic (exact) mass is 294 g/mol. The minimum Gasteiger partial charge on any atom is -0.486 e. The molecule has 0 saturated carbocycles. The minimum atomic E-state index is -0.516. The molecule has 1 aromatic carbocycles. The Balaban J connectivity index is 2.04. The Labute approximate surface area is 119 Å². The highest BCUT2D eigenvalue weighted by atomic mass is 35.5. The quantitative estimate of drug-likeness (QED) is 0.673. The lowest BCUT2D eigenvalue weighted by atomic mass is 10.3. The van der Waals surface area contributed by atoms with E-state index in [1.807, 2.05) is 0 Å². The molecule has 0 atom stereocenters. The van der Waals surface area contributed by atoms with Crippen LogP contribution in [-0.4, -0.2) is 21.9 Å². The molecule has 1 heterocycles. The molecule has 1 aromatic heterocycles. The zero-order valence-electron chi connectivity index (χ0n) is 10.5. The van der Waals surface area contributed by atoms with Crippen molar-refractivity contribution in [3.8, 4) is 5.75 Å². The average Bonchev–Trinajstić information content (AvgIpc) is 2.46. The largest absolute Gasteiger partial charge is 0.486 e. The van der Waals surface area contributed by atoms with Crippen LogP contribution in [0.5, 0.6) is 5.75 Å². The number of nitro groups is 1. The maximum Gasteiger partial charge on any atom is 0.271 e. The summed E-state index contributed by atoms with van der Waals surface area (Å²) in [6.45, 7) is 0.175. The summed E-state index contributed by atoms with van der Waals surface area (Å²) in [5, 5.41) is 13.6. The van der Waals surface area contributed by atoms with Gasteiger partial charge in [0.15, 0.2) is 0 Å².